The van der Waals surface area contributed by atoms with Gasteiger partial charge in [-0.2, -0.15) is 5.10 Å². The number of rotatable bonds is 9. The van der Waals surface area contributed by atoms with Gasteiger partial charge in [-0.1, -0.05) is 26.0 Å². The van der Waals surface area contributed by atoms with Crippen molar-refractivity contribution >= 4 is 5.69 Å². The van der Waals surface area contributed by atoms with Gasteiger partial charge in [-0.25, -0.2) is 4.98 Å². The van der Waals surface area contributed by atoms with Crippen molar-refractivity contribution in [1.82, 2.24) is 20.1 Å². The topological polar surface area (TPSA) is 87.9 Å². The van der Waals surface area contributed by atoms with Crippen LogP contribution in [0.5, 0.6) is 0 Å². The number of aromatic nitrogens is 3. The van der Waals surface area contributed by atoms with Crippen LogP contribution in [-0.4, -0.2) is 44.6 Å². The Morgan fingerprint density at radius 1 is 1.22 bits per heavy atom. The molecule has 0 unspecified atom stereocenters. The highest BCUT2D eigenvalue weighted by Crippen LogP contribution is 2.20. The molecule has 0 saturated heterocycles. The lowest BCUT2D eigenvalue weighted by atomic mass is 10.2. The van der Waals surface area contributed by atoms with E-state index in [1.165, 1.54) is 12.1 Å². The maximum atomic E-state index is 10.8. The first-order chi connectivity index (χ1) is 11.1. The van der Waals surface area contributed by atoms with Crippen molar-refractivity contribution < 1.29 is 4.92 Å². The zero-order valence-corrected chi connectivity index (χ0v) is 13.7. The number of nitro benzene ring substituents is 1. The van der Waals surface area contributed by atoms with Crippen LogP contribution in [0, 0.1) is 10.1 Å². The zero-order chi connectivity index (χ0) is 16.7. The van der Waals surface area contributed by atoms with Gasteiger partial charge in [0.05, 0.1) is 4.92 Å². The highest BCUT2D eigenvalue weighted by atomic mass is 16.6. The number of benzene rings is 1. The van der Waals surface area contributed by atoms with Crippen LogP contribution < -0.4 is 0 Å². The molecule has 0 radical (unpaired) electrons. The molecule has 1 aromatic carbocycles. The standard InChI is InChI=1S/C16H23N5O2/c1-3-9-20(10-4-2)11-8-15-17-16(19-18-15)13-6-5-7-14(12-13)21(22)23/h5-7,12H,3-4,8-11H2,1-2H3,(H,17,18,19). The average Bonchev–Trinajstić information content (AvgIpc) is 3.02. The summed E-state index contributed by atoms with van der Waals surface area (Å²) in [6, 6.07) is 6.38. The third-order valence-electron chi connectivity index (χ3n) is 3.59. The molecule has 1 aromatic heterocycles. The smallest absolute Gasteiger partial charge is 0.270 e. The minimum Gasteiger partial charge on any atom is -0.303 e. The van der Waals surface area contributed by atoms with Crippen molar-refractivity contribution in [2.45, 2.75) is 33.1 Å². The third kappa shape index (κ3) is 4.85. The number of nitrogens with zero attached hydrogens (tertiary/aromatic N) is 4. The van der Waals surface area contributed by atoms with Crippen molar-refractivity contribution in [2.24, 2.45) is 0 Å². The lowest BCUT2D eigenvalue weighted by Crippen LogP contribution is -2.28. The van der Waals surface area contributed by atoms with Gasteiger partial charge in [-0.15, -0.1) is 0 Å². The molecule has 0 bridgehead atoms. The molecule has 1 heterocycles. The van der Waals surface area contributed by atoms with E-state index in [1.807, 2.05) is 0 Å². The highest BCUT2D eigenvalue weighted by molar-refractivity contribution is 5.58. The van der Waals surface area contributed by atoms with Crippen molar-refractivity contribution in [1.29, 1.82) is 0 Å². The van der Waals surface area contributed by atoms with E-state index in [4.69, 9.17) is 0 Å². The van der Waals surface area contributed by atoms with Crippen molar-refractivity contribution in [3.05, 3.63) is 40.2 Å². The van der Waals surface area contributed by atoms with Crippen molar-refractivity contribution in [2.75, 3.05) is 19.6 Å². The van der Waals surface area contributed by atoms with Gasteiger partial charge in [-0.05, 0) is 25.9 Å². The minimum absolute atomic E-state index is 0.0471. The van der Waals surface area contributed by atoms with Gasteiger partial charge < -0.3 is 4.90 Å². The van der Waals surface area contributed by atoms with Gasteiger partial charge in [0.25, 0.3) is 5.69 Å². The van der Waals surface area contributed by atoms with Crippen LogP contribution in [-0.2, 0) is 6.42 Å². The predicted molar refractivity (Wildman–Crippen MR) is 89.2 cm³/mol. The van der Waals surface area contributed by atoms with Crippen LogP contribution in [0.4, 0.5) is 5.69 Å². The predicted octanol–water partition coefficient (Wildman–Crippen LogP) is 3.04. The molecule has 23 heavy (non-hydrogen) atoms. The zero-order valence-electron chi connectivity index (χ0n) is 13.7. The van der Waals surface area contributed by atoms with Crippen molar-refractivity contribution in [3.8, 4) is 11.4 Å². The molecule has 0 amide bonds. The van der Waals surface area contributed by atoms with E-state index in [0.717, 1.165) is 44.7 Å². The summed E-state index contributed by atoms with van der Waals surface area (Å²) >= 11 is 0. The monoisotopic (exact) mass is 317 g/mol. The summed E-state index contributed by atoms with van der Waals surface area (Å²) in [5.74, 6) is 1.31. The van der Waals surface area contributed by atoms with Crippen LogP contribution in [0.3, 0.4) is 0 Å². The summed E-state index contributed by atoms with van der Waals surface area (Å²) in [6.45, 7) is 7.46. The second kappa shape index (κ2) is 8.38. The normalized spacial score (nSPS) is 11.1. The highest BCUT2D eigenvalue weighted by Gasteiger charge is 2.11. The first-order valence-corrected chi connectivity index (χ1v) is 8.02. The molecule has 0 aliphatic heterocycles. The molecule has 0 saturated carbocycles. The maximum Gasteiger partial charge on any atom is 0.270 e. The number of H-pyrrole nitrogens is 1. The Kier molecular flexibility index (Phi) is 6.22. The molecule has 0 atom stereocenters. The fourth-order valence-electron chi connectivity index (χ4n) is 2.53. The van der Waals surface area contributed by atoms with E-state index < -0.39 is 4.92 Å². The fourth-order valence-corrected chi connectivity index (χ4v) is 2.53. The van der Waals surface area contributed by atoms with Crippen LogP contribution >= 0.6 is 0 Å². The van der Waals surface area contributed by atoms with E-state index >= 15 is 0 Å². The van der Waals surface area contributed by atoms with Gasteiger partial charge in [0.15, 0.2) is 5.82 Å². The van der Waals surface area contributed by atoms with Crippen LogP contribution in [0.25, 0.3) is 11.4 Å². The Bertz CT molecular complexity index is 635. The van der Waals surface area contributed by atoms with Gasteiger partial charge in [0.1, 0.15) is 5.82 Å². The first-order valence-electron chi connectivity index (χ1n) is 8.02. The summed E-state index contributed by atoms with van der Waals surface area (Å²) in [7, 11) is 0. The van der Waals surface area contributed by atoms with E-state index in [0.29, 0.717) is 11.4 Å². The van der Waals surface area contributed by atoms with Gasteiger partial charge >= 0.3 is 0 Å². The first kappa shape index (κ1) is 17.1. The summed E-state index contributed by atoms with van der Waals surface area (Å²) in [6.07, 6.45) is 3.06. The molecular formula is C16H23N5O2. The SMILES string of the molecule is CCCN(CCC)CCc1nc(-c2cccc([N+](=O)[O-])c2)n[nH]1. The lowest BCUT2D eigenvalue weighted by molar-refractivity contribution is -0.384. The summed E-state index contributed by atoms with van der Waals surface area (Å²) < 4.78 is 0. The maximum absolute atomic E-state index is 10.8. The minimum atomic E-state index is -0.412. The molecule has 7 heteroatoms. The Labute approximate surface area is 135 Å². The molecule has 0 fully saturated rings. The fraction of sp³-hybridized carbons (Fsp3) is 0.500. The number of non-ortho nitro benzene ring substituents is 1. The molecule has 2 aromatic rings. The second-order valence-electron chi connectivity index (χ2n) is 5.50. The molecule has 0 aliphatic rings. The van der Waals surface area contributed by atoms with E-state index in [9.17, 15) is 10.1 Å². The average molecular weight is 317 g/mol. The van der Waals surface area contributed by atoms with Crippen LogP contribution in [0.1, 0.15) is 32.5 Å². The molecule has 0 spiro atoms. The Morgan fingerprint density at radius 2 is 1.96 bits per heavy atom. The Morgan fingerprint density at radius 3 is 2.61 bits per heavy atom. The van der Waals surface area contributed by atoms with Crippen LogP contribution in [0.15, 0.2) is 24.3 Å². The third-order valence-corrected chi connectivity index (χ3v) is 3.59. The van der Waals surface area contributed by atoms with E-state index in [1.54, 1.807) is 12.1 Å². The molecule has 2 rings (SSSR count). The van der Waals surface area contributed by atoms with Crippen LogP contribution in [0.2, 0.25) is 0 Å². The summed E-state index contributed by atoms with van der Waals surface area (Å²) in [4.78, 5) is 17.3. The number of aromatic amines is 1. The quantitative estimate of drug-likeness (QED) is 0.567. The summed E-state index contributed by atoms with van der Waals surface area (Å²) in [5, 5.41) is 18.0. The molecule has 1 N–H and O–H groups in total. The molecular weight excluding hydrogens is 294 g/mol. The Balaban J connectivity index is 2.03. The van der Waals surface area contributed by atoms with Gasteiger partial charge in [0, 0.05) is 30.7 Å². The molecule has 0 aliphatic carbocycles. The largest absolute Gasteiger partial charge is 0.303 e. The number of hydrogen-bond donors (Lipinski definition) is 1. The molecule has 124 valence electrons. The van der Waals surface area contributed by atoms with E-state index in [2.05, 4.69) is 33.9 Å². The second-order valence-corrected chi connectivity index (χ2v) is 5.50. The molecule has 7 nitrogen and oxygen atoms in total. The van der Waals surface area contributed by atoms with Gasteiger partial charge in [0.2, 0.25) is 0 Å². The number of hydrogen-bond acceptors (Lipinski definition) is 5. The Hall–Kier alpha value is -2.28. The van der Waals surface area contributed by atoms with E-state index in [-0.39, 0.29) is 5.69 Å². The summed E-state index contributed by atoms with van der Waals surface area (Å²) in [5.41, 5.74) is 0.701. The number of nitro groups is 1. The lowest BCUT2D eigenvalue weighted by Gasteiger charge is -2.19. The number of nitrogens with one attached hydrogen (secondary N) is 1. The van der Waals surface area contributed by atoms with Crippen molar-refractivity contribution in [3.63, 3.8) is 0 Å². The van der Waals surface area contributed by atoms with Gasteiger partial charge in [-0.3, -0.25) is 15.2 Å².